The van der Waals surface area contributed by atoms with Crippen molar-refractivity contribution in [1.29, 1.82) is 0 Å². The highest BCUT2D eigenvalue weighted by Crippen LogP contribution is 2.49. The number of anilines is 1. The Hall–Kier alpha value is -1.52. The van der Waals surface area contributed by atoms with Crippen LogP contribution in [0.15, 0.2) is 24.3 Å². The number of benzene rings is 1. The summed E-state index contributed by atoms with van der Waals surface area (Å²) in [7, 11) is 0. The maximum atomic E-state index is 12.6. The van der Waals surface area contributed by atoms with Crippen molar-refractivity contribution in [2.24, 2.45) is 17.8 Å². The molecule has 2 bridgehead atoms. The fourth-order valence-electron chi connectivity index (χ4n) is 3.85. The molecular weight excluding hydrogens is 279 g/mol. The number of carbonyl (C=O) groups excluding carboxylic acids is 1. The van der Waals surface area contributed by atoms with Gasteiger partial charge < -0.3 is 5.32 Å². The zero-order valence-corrected chi connectivity index (χ0v) is 11.6. The first-order valence-electron chi connectivity index (χ1n) is 7.39. The second-order valence-electron chi connectivity index (χ2n) is 6.27. The van der Waals surface area contributed by atoms with E-state index in [9.17, 15) is 18.0 Å². The Morgan fingerprint density at radius 2 is 2.05 bits per heavy atom. The standard InChI is InChI=1S/C16H18F3NO/c17-16(18,19)13-2-1-3-14(9-13)20-15(21)8-12-7-10-4-5-11(12)6-10/h1-3,9-12H,4-8H2,(H,20,21)/t10-,11+,12+/m0/s1. The van der Waals surface area contributed by atoms with Gasteiger partial charge in [0.15, 0.2) is 0 Å². The Morgan fingerprint density at radius 3 is 2.67 bits per heavy atom. The van der Waals surface area contributed by atoms with Gasteiger partial charge in [0.1, 0.15) is 0 Å². The molecule has 2 nitrogen and oxygen atoms in total. The van der Waals surface area contributed by atoms with Crippen molar-refractivity contribution in [2.75, 3.05) is 5.32 Å². The fourth-order valence-corrected chi connectivity index (χ4v) is 3.85. The normalized spacial score (nSPS) is 27.9. The van der Waals surface area contributed by atoms with Crippen LogP contribution in [0, 0.1) is 17.8 Å². The van der Waals surface area contributed by atoms with E-state index in [1.54, 1.807) is 0 Å². The van der Waals surface area contributed by atoms with E-state index < -0.39 is 11.7 Å². The van der Waals surface area contributed by atoms with E-state index in [4.69, 9.17) is 0 Å². The summed E-state index contributed by atoms with van der Waals surface area (Å²) in [5, 5.41) is 2.60. The Labute approximate surface area is 121 Å². The molecule has 1 aromatic rings. The van der Waals surface area contributed by atoms with Crippen LogP contribution in [-0.2, 0) is 11.0 Å². The lowest BCUT2D eigenvalue weighted by Crippen LogP contribution is -2.20. The van der Waals surface area contributed by atoms with Gasteiger partial charge in [-0.05, 0) is 55.2 Å². The lowest BCUT2D eigenvalue weighted by atomic mass is 9.86. The summed E-state index contributed by atoms with van der Waals surface area (Å²) in [4.78, 5) is 12.0. The second kappa shape index (κ2) is 5.35. The number of hydrogen-bond donors (Lipinski definition) is 1. The maximum Gasteiger partial charge on any atom is 0.416 e. The van der Waals surface area contributed by atoms with Gasteiger partial charge in [0.2, 0.25) is 5.91 Å². The van der Waals surface area contributed by atoms with Crippen molar-refractivity contribution in [2.45, 2.75) is 38.3 Å². The van der Waals surface area contributed by atoms with Crippen LogP contribution in [0.3, 0.4) is 0 Å². The number of fused-ring (bicyclic) bond motifs is 2. The minimum atomic E-state index is -4.38. The Kier molecular flexibility index (Phi) is 3.68. The highest BCUT2D eigenvalue weighted by Gasteiger charge is 2.40. The first-order valence-corrected chi connectivity index (χ1v) is 7.39. The van der Waals surface area contributed by atoms with E-state index in [-0.39, 0.29) is 11.6 Å². The molecule has 1 amide bonds. The molecule has 21 heavy (non-hydrogen) atoms. The average Bonchev–Trinajstić information content (AvgIpc) is 3.00. The molecule has 5 heteroatoms. The van der Waals surface area contributed by atoms with Crippen LogP contribution < -0.4 is 5.32 Å². The van der Waals surface area contributed by atoms with Crippen LogP contribution in [0.25, 0.3) is 0 Å². The minimum absolute atomic E-state index is 0.174. The summed E-state index contributed by atoms with van der Waals surface area (Å²) >= 11 is 0. The van der Waals surface area contributed by atoms with Crippen molar-refractivity contribution in [3.63, 3.8) is 0 Å². The molecule has 0 spiro atoms. The molecule has 2 aliphatic rings. The van der Waals surface area contributed by atoms with Gasteiger partial charge in [-0.15, -0.1) is 0 Å². The van der Waals surface area contributed by atoms with Crippen LogP contribution in [-0.4, -0.2) is 5.91 Å². The van der Waals surface area contributed by atoms with Crippen LogP contribution in [0.1, 0.15) is 37.7 Å². The summed E-state index contributed by atoms with van der Waals surface area (Å²) in [6.45, 7) is 0. The van der Waals surface area contributed by atoms with Crippen LogP contribution >= 0.6 is 0 Å². The molecule has 2 fully saturated rings. The molecule has 2 aliphatic carbocycles. The summed E-state index contributed by atoms with van der Waals surface area (Å²) < 4.78 is 37.9. The van der Waals surface area contributed by atoms with E-state index in [0.29, 0.717) is 18.3 Å². The van der Waals surface area contributed by atoms with Crippen molar-refractivity contribution >= 4 is 11.6 Å². The van der Waals surface area contributed by atoms with Gasteiger partial charge in [-0.3, -0.25) is 4.79 Å². The van der Waals surface area contributed by atoms with Gasteiger partial charge in [0.25, 0.3) is 0 Å². The van der Waals surface area contributed by atoms with Gasteiger partial charge in [-0.1, -0.05) is 12.5 Å². The van der Waals surface area contributed by atoms with E-state index in [1.165, 1.54) is 31.4 Å². The lowest BCUT2D eigenvalue weighted by molar-refractivity contribution is -0.137. The summed E-state index contributed by atoms with van der Waals surface area (Å²) in [6, 6.07) is 4.80. The molecule has 0 aromatic heterocycles. The zero-order valence-electron chi connectivity index (χ0n) is 11.6. The molecule has 0 aliphatic heterocycles. The molecule has 3 atom stereocenters. The van der Waals surface area contributed by atoms with Crippen molar-refractivity contribution in [3.8, 4) is 0 Å². The molecule has 1 aromatic carbocycles. The van der Waals surface area contributed by atoms with Crippen LogP contribution in [0.5, 0.6) is 0 Å². The summed E-state index contributed by atoms with van der Waals surface area (Å²) in [5.74, 6) is 1.64. The fraction of sp³-hybridized carbons (Fsp3) is 0.562. The number of hydrogen-bond acceptors (Lipinski definition) is 1. The Bertz CT molecular complexity index is 541. The molecule has 2 saturated carbocycles. The third-order valence-electron chi connectivity index (χ3n) is 4.81. The van der Waals surface area contributed by atoms with E-state index in [2.05, 4.69) is 5.32 Å². The molecule has 3 rings (SSSR count). The number of rotatable bonds is 3. The first-order chi connectivity index (χ1) is 9.91. The Balaban J connectivity index is 1.60. The van der Waals surface area contributed by atoms with Gasteiger partial charge in [0, 0.05) is 12.1 Å². The Morgan fingerprint density at radius 1 is 1.24 bits per heavy atom. The third-order valence-corrected chi connectivity index (χ3v) is 4.81. The number of halogens is 3. The van der Waals surface area contributed by atoms with E-state index >= 15 is 0 Å². The van der Waals surface area contributed by atoms with Crippen LogP contribution in [0.4, 0.5) is 18.9 Å². The van der Waals surface area contributed by atoms with Gasteiger partial charge in [-0.2, -0.15) is 13.2 Å². The average molecular weight is 297 g/mol. The SMILES string of the molecule is O=C(C[C@H]1C[C@H]2CC[C@@H]1C2)Nc1cccc(C(F)(F)F)c1. The topological polar surface area (TPSA) is 29.1 Å². The molecule has 0 heterocycles. The highest BCUT2D eigenvalue weighted by atomic mass is 19.4. The van der Waals surface area contributed by atoms with Crippen molar-refractivity contribution in [3.05, 3.63) is 29.8 Å². The second-order valence-corrected chi connectivity index (χ2v) is 6.27. The van der Waals surface area contributed by atoms with Gasteiger partial charge in [-0.25, -0.2) is 0 Å². The molecular formula is C16H18F3NO. The van der Waals surface area contributed by atoms with E-state index in [1.807, 2.05) is 0 Å². The largest absolute Gasteiger partial charge is 0.416 e. The van der Waals surface area contributed by atoms with Crippen molar-refractivity contribution < 1.29 is 18.0 Å². The molecule has 114 valence electrons. The molecule has 1 N–H and O–H groups in total. The molecule has 0 saturated heterocycles. The highest BCUT2D eigenvalue weighted by molar-refractivity contribution is 5.91. The zero-order chi connectivity index (χ0) is 15.0. The smallest absolute Gasteiger partial charge is 0.326 e. The molecule has 0 radical (unpaired) electrons. The summed E-state index contributed by atoms with van der Waals surface area (Å²) in [6.07, 6.45) is 0.841. The lowest BCUT2D eigenvalue weighted by Gasteiger charge is -2.21. The number of amides is 1. The first kappa shape index (κ1) is 14.4. The maximum absolute atomic E-state index is 12.6. The van der Waals surface area contributed by atoms with E-state index in [0.717, 1.165) is 24.5 Å². The summed E-state index contributed by atoms with van der Waals surface area (Å²) in [5.41, 5.74) is -0.516. The molecule has 0 unspecified atom stereocenters. The predicted molar refractivity (Wildman–Crippen MR) is 73.6 cm³/mol. The van der Waals surface area contributed by atoms with Crippen molar-refractivity contribution in [1.82, 2.24) is 0 Å². The number of nitrogens with one attached hydrogen (secondary N) is 1. The van der Waals surface area contributed by atoms with Gasteiger partial charge in [0.05, 0.1) is 5.56 Å². The predicted octanol–water partition coefficient (Wildman–Crippen LogP) is 4.47. The number of carbonyl (C=O) groups is 1. The third kappa shape index (κ3) is 3.22. The van der Waals surface area contributed by atoms with Gasteiger partial charge >= 0.3 is 6.18 Å². The quantitative estimate of drug-likeness (QED) is 0.876. The monoisotopic (exact) mass is 297 g/mol. The number of alkyl halides is 3. The van der Waals surface area contributed by atoms with Crippen LogP contribution in [0.2, 0.25) is 0 Å². The minimum Gasteiger partial charge on any atom is -0.326 e.